The number of benzene rings is 1. The Hall–Kier alpha value is -0.860. The largest absolute Gasteiger partial charge is 0.317 e. The zero-order valence-corrected chi connectivity index (χ0v) is 10.5. The molecule has 2 heteroatoms. The first-order chi connectivity index (χ1) is 8.43. The first-order valence-electron chi connectivity index (χ1n) is 6.94. The van der Waals surface area contributed by atoms with Crippen LogP contribution in [0, 0.1) is 0 Å². The van der Waals surface area contributed by atoms with Crippen molar-refractivity contribution in [3.05, 3.63) is 35.4 Å². The lowest BCUT2D eigenvalue weighted by molar-refractivity contribution is 0.230. The minimum absolute atomic E-state index is 0.804. The molecule has 1 fully saturated rings. The lowest BCUT2D eigenvalue weighted by Gasteiger charge is -2.35. The van der Waals surface area contributed by atoms with Gasteiger partial charge in [-0.25, -0.2) is 0 Å². The van der Waals surface area contributed by atoms with Crippen molar-refractivity contribution in [3.63, 3.8) is 0 Å². The number of rotatable bonds is 2. The summed E-state index contributed by atoms with van der Waals surface area (Å²) < 4.78 is 0. The van der Waals surface area contributed by atoms with E-state index in [9.17, 15) is 0 Å². The number of fused-ring (bicyclic) bond motifs is 1. The van der Waals surface area contributed by atoms with Gasteiger partial charge < -0.3 is 10.2 Å². The van der Waals surface area contributed by atoms with Crippen molar-refractivity contribution in [3.8, 4) is 0 Å². The number of nitrogens with zero attached hydrogens (tertiary/aromatic N) is 1. The van der Waals surface area contributed by atoms with Gasteiger partial charge in [0, 0.05) is 12.5 Å². The summed E-state index contributed by atoms with van der Waals surface area (Å²) in [6.45, 7) is 6.20. The van der Waals surface area contributed by atoms with Crippen LogP contribution < -0.4 is 5.32 Å². The van der Waals surface area contributed by atoms with Crippen molar-refractivity contribution in [1.29, 1.82) is 0 Å². The van der Waals surface area contributed by atoms with E-state index >= 15 is 0 Å². The quantitative estimate of drug-likeness (QED) is 0.836. The highest BCUT2D eigenvalue weighted by molar-refractivity contribution is 5.40. The maximum absolute atomic E-state index is 3.48. The van der Waals surface area contributed by atoms with Crippen LogP contribution in [-0.4, -0.2) is 37.6 Å². The standard InChI is InChI=1S/C15H22N2/c1-2-6-15-13(5-1)11-14(15)12-17-9-3-7-16-8-4-10-17/h1-2,5-6,14,16H,3-4,7-12H2. The van der Waals surface area contributed by atoms with Gasteiger partial charge in [-0.2, -0.15) is 0 Å². The van der Waals surface area contributed by atoms with E-state index in [1.54, 1.807) is 11.1 Å². The fourth-order valence-corrected chi connectivity index (χ4v) is 3.11. The summed E-state index contributed by atoms with van der Waals surface area (Å²) in [7, 11) is 0. The molecule has 0 bridgehead atoms. The second kappa shape index (κ2) is 5.19. The lowest BCUT2D eigenvalue weighted by atomic mass is 9.77. The predicted molar refractivity (Wildman–Crippen MR) is 71.4 cm³/mol. The van der Waals surface area contributed by atoms with Crippen molar-refractivity contribution >= 4 is 0 Å². The molecule has 2 nitrogen and oxygen atoms in total. The van der Waals surface area contributed by atoms with Crippen LogP contribution in [0.15, 0.2) is 24.3 Å². The molecule has 1 unspecified atom stereocenters. The average Bonchev–Trinajstić information content (AvgIpc) is 2.28. The van der Waals surface area contributed by atoms with Gasteiger partial charge >= 0.3 is 0 Å². The average molecular weight is 230 g/mol. The zero-order chi connectivity index (χ0) is 11.5. The number of hydrogen-bond donors (Lipinski definition) is 1. The van der Waals surface area contributed by atoms with Crippen molar-refractivity contribution in [2.45, 2.75) is 25.2 Å². The van der Waals surface area contributed by atoms with Gasteiger partial charge in [0.25, 0.3) is 0 Å². The van der Waals surface area contributed by atoms with E-state index in [0.717, 1.165) is 5.92 Å². The first kappa shape index (κ1) is 11.2. The highest BCUT2D eigenvalue weighted by atomic mass is 15.1. The Morgan fingerprint density at radius 1 is 1.12 bits per heavy atom. The Morgan fingerprint density at radius 3 is 2.65 bits per heavy atom. The lowest BCUT2D eigenvalue weighted by Crippen LogP contribution is -2.38. The molecule has 0 saturated carbocycles. The van der Waals surface area contributed by atoms with E-state index in [2.05, 4.69) is 34.5 Å². The molecular formula is C15H22N2. The summed E-state index contributed by atoms with van der Waals surface area (Å²) in [6, 6.07) is 8.94. The summed E-state index contributed by atoms with van der Waals surface area (Å²) in [4.78, 5) is 2.67. The Balaban J connectivity index is 1.57. The molecule has 92 valence electrons. The Kier molecular flexibility index (Phi) is 3.44. The van der Waals surface area contributed by atoms with Gasteiger partial charge in [0.15, 0.2) is 0 Å². The van der Waals surface area contributed by atoms with Crippen molar-refractivity contribution in [1.82, 2.24) is 10.2 Å². The van der Waals surface area contributed by atoms with E-state index in [0.29, 0.717) is 0 Å². The third kappa shape index (κ3) is 2.53. The van der Waals surface area contributed by atoms with Crippen LogP contribution in [0.5, 0.6) is 0 Å². The van der Waals surface area contributed by atoms with Crippen molar-refractivity contribution < 1.29 is 0 Å². The number of hydrogen-bond acceptors (Lipinski definition) is 2. The monoisotopic (exact) mass is 230 g/mol. The summed E-state index contributed by atoms with van der Waals surface area (Å²) in [5.41, 5.74) is 3.18. The van der Waals surface area contributed by atoms with Crippen LogP contribution in [0.4, 0.5) is 0 Å². The van der Waals surface area contributed by atoms with Gasteiger partial charge in [0.1, 0.15) is 0 Å². The molecule has 1 heterocycles. The van der Waals surface area contributed by atoms with Gasteiger partial charge in [-0.3, -0.25) is 0 Å². The van der Waals surface area contributed by atoms with Crippen LogP contribution in [-0.2, 0) is 6.42 Å². The van der Waals surface area contributed by atoms with E-state index in [-0.39, 0.29) is 0 Å². The summed E-state index contributed by atoms with van der Waals surface area (Å²) in [6.07, 6.45) is 3.90. The van der Waals surface area contributed by atoms with Crippen LogP contribution in [0.25, 0.3) is 0 Å². The Labute approximate surface area is 104 Å². The van der Waals surface area contributed by atoms with E-state index in [1.807, 2.05) is 0 Å². The molecule has 17 heavy (non-hydrogen) atoms. The van der Waals surface area contributed by atoms with Gasteiger partial charge in [-0.1, -0.05) is 24.3 Å². The van der Waals surface area contributed by atoms with Crippen molar-refractivity contribution in [2.75, 3.05) is 32.7 Å². The molecule has 1 saturated heterocycles. The fraction of sp³-hybridized carbons (Fsp3) is 0.600. The normalized spacial score (nSPS) is 25.5. The van der Waals surface area contributed by atoms with E-state index in [1.165, 1.54) is 52.0 Å². The third-order valence-electron chi connectivity index (χ3n) is 4.10. The summed E-state index contributed by atoms with van der Waals surface area (Å²) in [5, 5.41) is 3.48. The van der Waals surface area contributed by atoms with E-state index < -0.39 is 0 Å². The molecule has 0 amide bonds. The Bertz CT molecular complexity index is 367. The van der Waals surface area contributed by atoms with Gasteiger partial charge in [-0.05, 0) is 56.6 Å². The molecular weight excluding hydrogens is 208 g/mol. The predicted octanol–water partition coefficient (Wildman–Crippen LogP) is 2.01. The molecule has 0 radical (unpaired) electrons. The molecule has 1 aromatic rings. The minimum atomic E-state index is 0.804. The molecule has 1 aromatic carbocycles. The highest BCUT2D eigenvalue weighted by Gasteiger charge is 2.27. The second-order valence-corrected chi connectivity index (χ2v) is 5.36. The first-order valence-corrected chi connectivity index (χ1v) is 6.94. The molecule has 1 atom stereocenters. The molecule has 1 aliphatic carbocycles. The summed E-state index contributed by atoms with van der Waals surface area (Å²) >= 11 is 0. The topological polar surface area (TPSA) is 15.3 Å². The molecule has 1 N–H and O–H groups in total. The highest BCUT2D eigenvalue weighted by Crippen LogP contribution is 2.35. The molecule has 3 rings (SSSR count). The number of nitrogens with one attached hydrogen (secondary N) is 1. The van der Waals surface area contributed by atoms with Gasteiger partial charge in [0.2, 0.25) is 0 Å². The van der Waals surface area contributed by atoms with Gasteiger partial charge in [0.05, 0.1) is 0 Å². The van der Waals surface area contributed by atoms with Crippen LogP contribution >= 0.6 is 0 Å². The molecule has 2 aliphatic rings. The van der Waals surface area contributed by atoms with Crippen LogP contribution in [0.1, 0.15) is 29.9 Å². The van der Waals surface area contributed by atoms with Crippen molar-refractivity contribution in [2.24, 2.45) is 0 Å². The maximum Gasteiger partial charge on any atom is 0.00536 e. The molecule has 0 aromatic heterocycles. The molecule has 1 aliphatic heterocycles. The Morgan fingerprint density at radius 2 is 1.88 bits per heavy atom. The van der Waals surface area contributed by atoms with E-state index in [4.69, 9.17) is 0 Å². The third-order valence-corrected chi connectivity index (χ3v) is 4.10. The van der Waals surface area contributed by atoms with Crippen LogP contribution in [0.3, 0.4) is 0 Å². The zero-order valence-electron chi connectivity index (χ0n) is 10.5. The smallest absolute Gasteiger partial charge is 0.00536 e. The second-order valence-electron chi connectivity index (χ2n) is 5.36. The molecule has 0 spiro atoms. The van der Waals surface area contributed by atoms with Crippen LogP contribution in [0.2, 0.25) is 0 Å². The maximum atomic E-state index is 3.48. The SMILES string of the molecule is c1ccc2c(c1)CC2CN1CCCNCCC1. The minimum Gasteiger partial charge on any atom is -0.317 e. The van der Waals surface area contributed by atoms with Gasteiger partial charge in [-0.15, -0.1) is 0 Å². The summed E-state index contributed by atoms with van der Waals surface area (Å²) in [5.74, 6) is 0.804. The fourth-order valence-electron chi connectivity index (χ4n) is 3.11.